The maximum absolute atomic E-state index is 12.9. The van der Waals surface area contributed by atoms with Gasteiger partial charge in [0, 0.05) is 41.8 Å². The molecule has 1 aliphatic heterocycles. The Bertz CT molecular complexity index is 961. The fourth-order valence-corrected chi connectivity index (χ4v) is 4.01. The van der Waals surface area contributed by atoms with Gasteiger partial charge in [0.25, 0.3) is 5.91 Å². The maximum Gasteiger partial charge on any atom is 0.292 e. The first-order valence-electron chi connectivity index (χ1n) is 9.75. The molecule has 0 unspecified atom stereocenters. The Morgan fingerprint density at radius 2 is 1.79 bits per heavy atom. The van der Waals surface area contributed by atoms with E-state index >= 15 is 0 Å². The second kappa shape index (κ2) is 8.39. The van der Waals surface area contributed by atoms with Gasteiger partial charge in [-0.15, -0.1) is 0 Å². The molecule has 29 heavy (non-hydrogen) atoms. The fraction of sp³-hybridized carbons (Fsp3) is 0.304. The maximum atomic E-state index is 12.9. The average Bonchev–Trinajstić information content (AvgIpc) is 3.26. The number of aliphatic hydroxyl groups is 1. The number of aliphatic hydroxyl groups excluding tert-OH is 1. The van der Waals surface area contributed by atoms with Gasteiger partial charge in [-0.05, 0) is 37.0 Å². The molecule has 150 valence electrons. The van der Waals surface area contributed by atoms with Crippen LogP contribution in [-0.2, 0) is 6.42 Å². The summed E-state index contributed by atoms with van der Waals surface area (Å²) >= 11 is 5.97. The van der Waals surface area contributed by atoms with Crippen molar-refractivity contribution in [3.8, 4) is 11.3 Å². The second-order valence-electron chi connectivity index (χ2n) is 7.70. The van der Waals surface area contributed by atoms with Gasteiger partial charge in [-0.3, -0.25) is 4.79 Å². The third kappa shape index (κ3) is 4.36. The van der Waals surface area contributed by atoms with Crippen molar-refractivity contribution in [3.63, 3.8) is 0 Å². The zero-order valence-electron chi connectivity index (χ0n) is 16.1. The van der Waals surface area contributed by atoms with Gasteiger partial charge >= 0.3 is 0 Å². The van der Waals surface area contributed by atoms with Crippen LogP contribution in [0.2, 0.25) is 5.02 Å². The van der Waals surface area contributed by atoms with E-state index in [1.54, 1.807) is 11.0 Å². The highest BCUT2D eigenvalue weighted by molar-refractivity contribution is 6.30. The van der Waals surface area contributed by atoms with Crippen LogP contribution in [0.5, 0.6) is 0 Å². The molecule has 0 atom stereocenters. The molecule has 1 saturated heterocycles. The summed E-state index contributed by atoms with van der Waals surface area (Å²) in [7, 11) is 0. The summed E-state index contributed by atoms with van der Waals surface area (Å²) in [5.41, 5.74) is 2.49. The van der Waals surface area contributed by atoms with Gasteiger partial charge in [-0.1, -0.05) is 59.2 Å². The molecule has 5 nitrogen and oxygen atoms in total. The number of rotatable bonds is 5. The van der Waals surface area contributed by atoms with E-state index in [0.717, 1.165) is 30.4 Å². The van der Waals surface area contributed by atoms with E-state index in [1.807, 2.05) is 54.6 Å². The van der Waals surface area contributed by atoms with Crippen molar-refractivity contribution in [2.45, 2.75) is 19.3 Å². The summed E-state index contributed by atoms with van der Waals surface area (Å²) in [6.45, 7) is 1.25. The van der Waals surface area contributed by atoms with Crippen LogP contribution in [0, 0.1) is 5.41 Å². The Morgan fingerprint density at radius 3 is 2.45 bits per heavy atom. The van der Waals surface area contributed by atoms with Crippen LogP contribution >= 0.6 is 11.6 Å². The van der Waals surface area contributed by atoms with Gasteiger partial charge in [0.1, 0.15) is 5.69 Å². The summed E-state index contributed by atoms with van der Waals surface area (Å²) in [5, 5.41) is 14.8. The first-order chi connectivity index (χ1) is 14.1. The van der Waals surface area contributed by atoms with E-state index in [4.69, 9.17) is 16.1 Å². The lowest BCUT2D eigenvalue weighted by Gasteiger charge is -2.40. The molecule has 0 spiro atoms. The number of piperidine rings is 1. The standard InChI is InChI=1S/C23H23ClN2O3/c24-19-8-6-17(7-9-19)15-23(16-27)10-12-26(13-11-23)22(28)21-14-20(25-29-21)18-4-2-1-3-5-18/h1-9,14,27H,10-13,15-16H2. The molecule has 1 aromatic heterocycles. The molecule has 2 aromatic carbocycles. The lowest BCUT2D eigenvalue weighted by Crippen LogP contribution is -2.45. The molecule has 1 amide bonds. The van der Waals surface area contributed by atoms with Gasteiger partial charge in [0.15, 0.2) is 0 Å². The zero-order chi connectivity index (χ0) is 20.3. The number of amides is 1. The van der Waals surface area contributed by atoms with E-state index in [-0.39, 0.29) is 23.7 Å². The van der Waals surface area contributed by atoms with Crippen LogP contribution in [0.3, 0.4) is 0 Å². The van der Waals surface area contributed by atoms with Crippen molar-refractivity contribution in [1.82, 2.24) is 10.1 Å². The van der Waals surface area contributed by atoms with Crippen molar-refractivity contribution < 1.29 is 14.4 Å². The van der Waals surface area contributed by atoms with Crippen LogP contribution in [0.15, 0.2) is 65.2 Å². The van der Waals surface area contributed by atoms with Gasteiger partial charge in [0.05, 0.1) is 0 Å². The number of likely N-dealkylation sites (tertiary alicyclic amines) is 1. The minimum Gasteiger partial charge on any atom is -0.396 e. The summed E-state index contributed by atoms with van der Waals surface area (Å²) in [5.74, 6) is 0.0933. The van der Waals surface area contributed by atoms with Gasteiger partial charge in [0.2, 0.25) is 5.76 Å². The number of carbonyl (C=O) groups excluding carboxylic acids is 1. The Kier molecular flexibility index (Phi) is 5.69. The normalized spacial score (nSPS) is 16.0. The summed E-state index contributed by atoms with van der Waals surface area (Å²) in [6.07, 6.45) is 2.23. The lowest BCUT2D eigenvalue weighted by atomic mass is 9.74. The van der Waals surface area contributed by atoms with Crippen molar-refractivity contribution >= 4 is 17.5 Å². The summed E-state index contributed by atoms with van der Waals surface area (Å²) in [6, 6.07) is 19.1. The molecule has 3 aromatic rings. The molecule has 1 fully saturated rings. The smallest absolute Gasteiger partial charge is 0.292 e. The molecule has 4 rings (SSSR count). The van der Waals surface area contributed by atoms with E-state index in [1.165, 1.54) is 0 Å². The zero-order valence-corrected chi connectivity index (χ0v) is 16.8. The fourth-order valence-electron chi connectivity index (χ4n) is 3.89. The van der Waals surface area contributed by atoms with E-state index in [0.29, 0.717) is 23.8 Å². The molecule has 0 bridgehead atoms. The molecule has 1 N–H and O–H groups in total. The molecule has 0 radical (unpaired) electrons. The minimum atomic E-state index is -0.221. The van der Waals surface area contributed by atoms with Crippen LogP contribution in [0.4, 0.5) is 0 Å². The third-order valence-corrected chi connectivity index (χ3v) is 5.98. The first-order valence-corrected chi connectivity index (χ1v) is 10.1. The molecule has 6 heteroatoms. The number of halogens is 1. The largest absolute Gasteiger partial charge is 0.396 e. The van der Waals surface area contributed by atoms with Crippen LogP contribution in [0.25, 0.3) is 11.3 Å². The topological polar surface area (TPSA) is 66.6 Å². The van der Waals surface area contributed by atoms with Gasteiger partial charge in [-0.25, -0.2) is 0 Å². The van der Waals surface area contributed by atoms with Crippen LogP contribution in [-0.4, -0.2) is 40.8 Å². The highest BCUT2D eigenvalue weighted by atomic mass is 35.5. The summed E-state index contributed by atoms with van der Waals surface area (Å²) < 4.78 is 5.32. The van der Waals surface area contributed by atoms with Crippen molar-refractivity contribution in [1.29, 1.82) is 0 Å². The Balaban J connectivity index is 1.41. The monoisotopic (exact) mass is 410 g/mol. The predicted molar refractivity (Wildman–Crippen MR) is 112 cm³/mol. The van der Waals surface area contributed by atoms with Crippen LogP contribution in [0.1, 0.15) is 29.0 Å². The molecule has 0 saturated carbocycles. The minimum absolute atomic E-state index is 0.0954. The Labute approximate surface area is 174 Å². The summed E-state index contributed by atoms with van der Waals surface area (Å²) in [4.78, 5) is 14.6. The molecule has 1 aliphatic rings. The Morgan fingerprint density at radius 1 is 1.10 bits per heavy atom. The lowest BCUT2D eigenvalue weighted by molar-refractivity contribution is 0.0334. The highest BCUT2D eigenvalue weighted by Gasteiger charge is 2.36. The third-order valence-electron chi connectivity index (χ3n) is 5.73. The molecule has 0 aliphatic carbocycles. The average molecular weight is 411 g/mol. The van der Waals surface area contributed by atoms with E-state index in [9.17, 15) is 9.90 Å². The first kappa shape index (κ1) is 19.7. The van der Waals surface area contributed by atoms with Gasteiger partial charge in [-0.2, -0.15) is 0 Å². The number of carbonyl (C=O) groups is 1. The number of aromatic nitrogens is 1. The SMILES string of the molecule is O=C(c1cc(-c2ccccc2)no1)N1CCC(CO)(Cc2ccc(Cl)cc2)CC1. The quantitative estimate of drug-likeness (QED) is 0.674. The number of nitrogens with zero attached hydrogens (tertiary/aromatic N) is 2. The van der Waals surface area contributed by atoms with Crippen molar-refractivity contribution in [2.24, 2.45) is 5.41 Å². The van der Waals surface area contributed by atoms with Gasteiger partial charge < -0.3 is 14.5 Å². The molecular formula is C23H23ClN2O3. The van der Waals surface area contributed by atoms with E-state index in [2.05, 4.69) is 5.16 Å². The number of hydrogen-bond donors (Lipinski definition) is 1. The van der Waals surface area contributed by atoms with Crippen molar-refractivity contribution in [2.75, 3.05) is 19.7 Å². The predicted octanol–water partition coefficient (Wildman–Crippen LogP) is 4.45. The van der Waals surface area contributed by atoms with Crippen LogP contribution < -0.4 is 0 Å². The Hall–Kier alpha value is -2.63. The molecular weight excluding hydrogens is 388 g/mol. The molecule has 2 heterocycles. The highest BCUT2D eigenvalue weighted by Crippen LogP contribution is 2.35. The number of hydrogen-bond acceptors (Lipinski definition) is 4. The van der Waals surface area contributed by atoms with E-state index < -0.39 is 0 Å². The van der Waals surface area contributed by atoms with Crippen molar-refractivity contribution in [3.05, 3.63) is 77.0 Å². The second-order valence-corrected chi connectivity index (χ2v) is 8.13. The number of benzene rings is 2.